The summed E-state index contributed by atoms with van der Waals surface area (Å²) in [5.74, 6) is -0.260. The van der Waals surface area contributed by atoms with Crippen molar-refractivity contribution in [3.63, 3.8) is 0 Å². The number of aliphatic carboxylic acids is 1. The van der Waals surface area contributed by atoms with Gasteiger partial charge in [-0.1, -0.05) is 31.2 Å². The van der Waals surface area contributed by atoms with Crippen LogP contribution in [0.3, 0.4) is 0 Å². The van der Waals surface area contributed by atoms with Gasteiger partial charge in [-0.15, -0.1) is 0 Å². The van der Waals surface area contributed by atoms with Crippen LogP contribution < -0.4 is 14.6 Å². The quantitative estimate of drug-likeness (QED) is 0.709. The SMILES string of the molecule is CCc1cccc2c([C@H](CC(=O)[O-])c3ccc(OC)c(OC)c3)c[nH]c12. The summed E-state index contributed by atoms with van der Waals surface area (Å²) >= 11 is 0. The van der Waals surface area contributed by atoms with Crippen molar-refractivity contribution in [3.05, 3.63) is 59.3 Å². The molecule has 1 atom stereocenters. The molecule has 3 aromatic rings. The molecular weight excluding hydrogens is 330 g/mol. The maximum Gasteiger partial charge on any atom is 0.161 e. The van der Waals surface area contributed by atoms with Gasteiger partial charge in [-0.3, -0.25) is 0 Å². The highest BCUT2D eigenvalue weighted by Gasteiger charge is 2.21. The van der Waals surface area contributed by atoms with E-state index in [2.05, 4.69) is 18.0 Å². The van der Waals surface area contributed by atoms with E-state index in [1.807, 2.05) is 30.5 Å². The standard InChI is InChI=1S/C21H23NO4/c1-4-13-6-5-7-15-17(12-22-21(13)15)16(11-20(23)24)14-8-9-18(25-2)19(10-14)26-3/h5-10,12,16,22H,4,11H2,1-3H3,(H,23,24)/p-1/t16-/m1/s1. The van der Waals surface area contributed by atoms with Gasteiger partial charge in [-0.2, -0.15) is 0 Å². The molecule has 0 amide bonds. The molecule has 0 radical (unpaired) electrons. The first-order chi connectivity index (χ1) is 12.6. The number of rotatable bonds is 7. The Morgan fingerprint density at radius 1 is 1.15 bits per heavy atom. The van der Waals surface area contributed by atoms with Crippen LogP contribution in [0.2, 0.25) is 0 Å². The van der Waals surface area contributed by atoms with Gasteiger partial charge in [0.1, 0.15) is 0 Å². The molecule has 1 aromatic heterocycles. The Bertz CT molecular complexity index is 929. The van der Waals surface area contributed by atoms with Crippen molar-refractivity contribution in [3.8, 4) is 11.5 Å². The fourth-order valence-electron chi connectivity index (χ4n) is 3.47. The molecule has 0 spiro atoms. The zero-order chi connectivity index (χ0) is 18.7. The van der Waals surface area contributed by atoms with Crippen molar-refractivity contribution in [2.24, 2.45) is 0 Å². The third-order valence-electron chi connectivity index (χ3n) is 4.77. The van der Waals surface area contributed by atoms with E-state index >= 15 is 0 Å². The molecule has 3 rings (SSSR count). The summed E-state index contributed by atoms with van der Waals surface area (Å²) in [5, 5.41) is 12.5. The van der Waals surface area contributed by atoms with Gasteiger partial charge in [-0.25, -0.2) is 0 Å². The zero-order valence-electron chi connectivity index (χ0n) is 15.2. The van der Waals surface area contributed by atoms with E-state index in [0.29, 0.717) is 11.5 Å². The van der Waals surface area contributed by atoms with Crippen molar-refractivity contribution in [2.45, 2.75) is 25.7 Å². The zero-order valence-corrected chi connectivity index (χ0v) is 15.2. The second kappa shape index (κ2) is 7.52. The van der Waals surface area contributed by atoms with E-state index in [9.17, 15) is 9.90 Å². The number of methoxy groups -OCH3 is 2. The Labute approximate surface area is 152 Å². The van der Waals surface area contributed by atoms with Crippen molar-refractivity contribution < 1.29 is 19.4 Å². The molecule has 26 heavy (non-hydrogen) atoms. The second-order valence-corrected chi connectivity index (χ2v) is 6.18. The van der Waals surface area contributed by atoms with Crippen LogP contribution in [-0.4, -0.2) is 25.2 Å². The number of carbonyl (C=O) groups is 1. The largest absolute Gasteiger partial charge is 0.550 e. The number of benzene rings is 2. The molecule has 0 saturated carbocycles. The first kappa shape index (κ1) is 17.9. The minimum Gasteiger partial charge on any atom is -0.550 e. The summed E-state index contributed by atoms with van der Waals surface area (Å²) in [6, 6.07) is 11.6. The maximum atomic E-state index is 11.4. The predicted octanol–water partition coefficient (Wildman–Crippen LogP) is 3.02. The lowest BCUT2D eigenvalue weighted by Gasteiger charge is -2.19. The average molecular weight is 352 g/mol. The summed E-state index contributed by atoms with van der Waals surface area (Å²) in [6.07, 6.45) is 2.69. The normalized spacial score (nSPS) is 12.1. The summed E-state index contributed by atoms with van der Waals surface area (Å²) < 4.78 is 10.7. The maximum absolute atomic E-state index is 11.4. The monoisotopic (exact) mass is 352 g/mol. The van der Waals surface area contributed by atoms with Crippen LogP contribution in [0.1, 0.15) is 36.0 Å². The third-order valence-corrected chi connectivity index (χ3v) is 4.77. The Morgan fingerprint density at radius 3 is 2.58 bits per heavy atom. The molecule has 0 saturated heterocycles. The number of hydrogen-bond donors (Lipinski definition) is 1. The lowest BCUT2D eigenvalue weighted by molar-refractivity contribution is -0.305. The number of carboxylic acid groups (broad SMARTS) is 1. The summed E-state index contributed by atoms with van der Waals surface area (Å²) in [4.78, 5) is 14.8. The van der Waals surface area contributed by atoms with Crippen molar-refractivity contribution in [1.29, 1.82) is 0 Å². The van der Waals surface area contributed by atoms with Crippen LogP contribution in [0.25, 0.3) is 10.9 Å². The fraction of sp³-hybridized carbons (Fsp3) is 0.286. The van der Waals surface area contributed by atoms with Gasteiger partial charge in [-0.05, 0) is 41.7 Å². The van der Waals surface area contributed by atoms with E-state index in [0.717, 1.165) is 28.5 Å². The predicted molar refractivity (Wildman–Crippen MR) is 98.7 cm³/mol. The third kappa shape index (κ3) is 3.25. The summed E-state index contributed by atoms with van der Waals surface area (Å²) in [7, 11) is 3.14. The van der Waals surface area contributed by atoms with E-state index in [1.165, 1.54) is 5.56 Å². The fourth-order valence-corrected chi connectivity index (χ4v) is 3.47. The smallest absolute Gasteiger partial charge is 0.161 e. The molecule has 1 heterocycles. The Morgan fingerprint density at radius 2 is 1.92 bits per heavy atom. The van der Waals surface area contributed by atoms with Gasteiger partial charge in [0.05, 0.1) is 14.2 Å². The number of carbonyl (C=O) groups excluding carboxylic acids is 1. The average Bonchev–Trinajstić information content (AvgIpc) is 3.09. The minimum atomic E-state index is -1.09. The molecule has 2 aromatic carbocycles. The van der Waals surface area contributed by atoms with E-state index < -0.39 is 5.97 Å². The molecule has 5 nitrogen and oxygen atoms in total. The van der Waals surface area contributed by atoms with Crippen LogP contribution >= 0.6 is 0 Å². The minimum absolute atomic E-state index is 0.112. The van der Waals surface area contributed by atoms with Gasteiger partial charge < -0.3 is 24.4 Å². The molecule has 1 N–H and O–H groups in total. The van der Waals surface area contributed by atoms with Gasteiger partial charge in [0, 0.05) is 29.0 Å². The number of para-hydroxylation sites is 1. The highest BCUT2D eigenvalue weighted by molar-refractivity contribution is 5.87. The van der Waals surface area contributed by atoms with E-state index in [4.69, 9.17) is 9.47 Å². The molecule has 0 aliphatic rings. The molecule has 0 aliphatic carbocycles. The number of aromatic nitrogens is 1. The topological polar surface area (TPSA) is 74.4 Å². The van der Waals surface area contributed by atoms with Crippen LogP contribution in [0, 0.1) is 0 Å². The highest BCUT2D eigenvalue weighted by atomic mass is 16.5. The van der Waals surface area contributed by atoms with E-state index in [-0.39, 0.29) is 12.3 Å². The molecule has 0 fully saturated rings. The van der Waals surface area contributed by atoms with E-state index in [1.54, 1.807) is 20.3 Å². The number of fused-ring (bicyclic) bond motifs is 1. The Balaban J connectivity index is 2.14. The summed E-state index contributed by atoms with van der Waals surface area (Å²) in [5.41, 5.74) is 4.03. The molecule has 0 aliphatic heterocycles. The van der Waals surface area contributed by atoms with Gasteiger partial charge in [0.15, 0.2) is 11.5 Å². The van der Waals surface area contributed by atoms with Crippen molar-refractivity contribution in [2.75, 3.05) is 14.2 Å². The first-order valence-corrected chi connectivity index (χ1v) is 8.59. The number of aromatic amines is 1. The molecule has 0 bridgehead atoms. The number of H-pyrrole nitrogens is 1. The molecule has 136 valence electrons. The number of hydrogen-bond acceptors (Lipinski definition) is 4. The van der Waals surface area contributed by atoms with Crippen molar-refractivity contribution in [1.82, 2.24) is 4.98 Å². The second-order valence-electron chi connectivity index (χ2n) is 6.18. The Kier molecular flexibility index (Phi) is 5.16. The number of nitrogens with one attached hydrogen (secondary N) is 1. The van der Waals surface area contributed by atoms with Crippen LogP contribution in [-0.2, 0) is 11.2 Å². The lowest BCUT2D eigenvalue weighted by atomic mass is 9.87. The van der Waals surface area contributed by atoms with Gasteiger partial charge >= 0.3 is 0 Å². The van der Waals surface area contributed by atoms with Crippen LogP contribution in [0.5, 0.6) is 11.5 Å². The summed E-state index contributed by atoms with van der Waals surface area (Å²) in [6.45, 7) is 2.10. The van der Waals surface area contributed by atoms with Gasteiger partial charge in [0.2, 0.25) is 0 Å². The number of ether oxygens (including phenoxy) is 2. The van der Waals surface area contributed by atoms with Crippen LogP contribution in [0.15, 0.2) is 42.6 Å². The molecular formula is C21H22NO4-. The lowest BCUT2D eigenvalue weighted by Crippen LogP contribution is -2.24. The number of carboxylic acids is 1. The van der Waals surface area contributed by atoms with Crippen LogP contribution in [0.4, 0.5) is 0 Å². The number of aryl methyl sites for hydroxylation is 1. The van der Waals surface area contributed by atoms with Crippen molar-refractivity contribution >= 4 is 16.9 Å². The molecule has 5 heteroatoms. The molecule has 0 unspecified atom stereocenters. The van der Waals surface area contributed by atoms with Gasteiger partial charge in [0.25, 0.3) is 0 Å². The Hall–Kier alpha value is -2.95. The first-order valence-electron chi connectivity index (χ1n) is 8.59. The highest BCUT2D eigenvalue weighted by Crippen LogP contribution is 2.38.